The van der Waals surface area contributed by atoms with Gasteiger partial charge >= 0.3 is 0 Å². The first-order valence-electron chi connectivity index (χ1n) is 7.10. The molecule has 0 atom stereocenters. The molecule has 0 unspecified atom stereocenters. The van der Waals surface area contributed by atoms with E-state index in [4.69, 9.17) is 0 Å². The number of carbonyl (C=O) groups excluding carboxylic acids is 1. The molecule has 2 heterocycles. The Morgan fingerprint density at radius 1 is 1.38 bits per heavy atom. The first-order valence-corrected chi connectivity index (χ1v) is 9.42. The van der Waals surface area contributed by atoms with Crippen LogP contribution in [-0.4, -0.2) is 42.1 Å². The number of sulfonamides is 1. The van der Waals surface area contributed by atoms with Gasteiger partial charge in [0.2, 0.25) is 10.0 Å². The number of imidazole rings is 1. The molecule has 0 aliphatic carbocycles. The lowest BCUT2D eigenvalue weighted by Crippen LogP contribution is -2.25. The fraction of sp³-hybridized carbons (Fsp3) is 0.200. The van der Waals surface area contributed by atoms with E-state index in [9.17, 15) is 13.2 Å². The van der Waals surface area contributed by atoms with E-state index in [1.165, 1.54) is 37.6 Å². The third-order valence-electron chi connectivity index (χ3n) is 3.45. The minimum atomic E-state index is -3.57. The molecule has 0 saturated heterocycles. The Hall–Kier alpha value is -2.23. The highest BCUT2D eigenvalue weighted by Gasteiger charge is 2.18. The molecule has 1 aromatic carbocycles. The number of nitrogens with zero attached hydrogens (tertiary/aromatic N) is 3. The van der Waals surface area contributed by atoms with Crippen LogP contribution in [0.3, 0.4) is 0 Å². The van der Waals surface area contributed by atoms with Gasteiger partial charge in [-0.2, -0.15) is 0 Å². The lowest BCUT2D eigenvalue weighted by Gasteiger charge is -2.12. The van der Waals surface area contributed by atoms with Gasteiger partial charge in [-0.3, -0.25) is 9.20 Å². The Bertz CT molecular complexity index is 960. The van der Waals surface area contributed by atoms with Crippen LogP contribution in [0.25, 0.3) is 4.96 Å². The molecule has 24 heavy (non-hydrogen) atoms. The van der Waals surface area contributed by atoms with Crippen molar-refractivity contribution in [1.29, 1.82) is 0 Å². The maximum absolute atomic E-state index is 12.3. The summed E-state index contributed by atoms with van der Waals surface area (Å²) in [5.41, 5.74) is 1.03. The lowest BCUT2D eigenvalue weighted by atomic mass is 10.2. The van der Waals surface area contributed by atoms with Crippen LogP contribution in [0.5, 0.6) is 0 Å². The van der Waals surface area contributed by atoms with Gasteiger partial charge in [0.15, 0.2) is 4.96 Å². The van der Waals surface area contributed by atoms with Gasteiger partial charge in [0.05, 0.1) is 17.1 Å². The normalized spacial score (nSPS) is 12.0. The van der Waals surface area contributed by atoms with Gasteiger partial charge in [0, 0.05) is 37.4 Å². The van der Waals surface area contributed by atoms with Crippen molar-refractivity contribution in [2.45, 2.75) is 11.4 Å². The summed E-state index contributed by atoms with van der Waals surface area (Å²) in [4.78, 5) is 17.6. The van der Waals surface area contributed by atoms with E-state index in [2.05, 4.69) is 10.3 Å². The molecule has 0 saturated carbocycles. The highest BCUT2D eigenvalue weighted by Crippen LogP contribution is 2.15. The van der Waals surface area contributed by atoms with Crippen LogP contribution in [0.2, 0.25) is 0 Å². The average Bonchev–Trinajstić information content (AvgIpc) is 3.14. The van der Waals surface area contributed by atoms with E-state index in [0.717, 1.165) is 15.0 Å². The van der Waals surface area contributed by atoms with Crippen molar-refractivity contribution < 1.29 is 13.2 Å². The predicted octanol–water partition coefficient (Wildman–Crippen LogP) is 1.58. The van der Waals surface area contributed by atoms with Gasteiger partial charge in [-0.25, -0.2) is 17.7 Å². The Morgan fingerprint density at radius 2 is 2.17 bits per heavy atom. The van der Waals surface area contributed by atoms with E-state index in [0.29, 0.717) is 5.56 Å². The minimum absolute atomic E-state index is 0.0858. The van der Waals surface area contributed by atoms with Crippen molar-refractivity contribution in [1.82, 2.24) is 19.0 Å². The topological polar surface area (TPSA) is 83.8 Å². The van der Waals surface area contributed by atoms with Crippen LogP contribution >= 0.6 is 11.3 Å². The summed E-state index contributed by atoms with van der Waals surface area (Å²) in [7, 11) is -0.669. The summed E-state index contributed by atoms with van der Waals surface area (Å²) in [5, 5.41) is 4.69. The largest absolute Gasteiger partial charge is 0.346 e. The van der Waals surface area contributed by atoms with E-state index in [1.807, 2.05) is 22.2 Å². The molecule has 0 bridgehead atoms. The molecule has 0 aliphatic rings. The number of rotatable bonds is 5. The van der Waals surface area contributed by atoms with Crippen molar-refractivity contribution in [3.05, 3.63) is 53.3 Å². The highest BCUT2D eigenvalue weighted by molar-refractivity contribution is 7.89. The van der Waals surface area contributed by atoms with Crippen LogP contribution in [0.4, 0.5) is 0 Å². The fourth-order valence-electron chi connectivity index (χ4n) is 2.14. The van der Waals surface area contributed by atoms with Crippen LogP contribution in [0.1, 0.15) is 16.1 Å². The molecule has 3 aromatic rings. The Labute approximate surface area is 143 Å². The van der Waals surface area contributed by atoms with Crippen LogP contribution < -0.4 is 5.32 Å². The summed E-state index contributed by atoms with van der Waals surface area (Å²) < 4.78 is 27.3. The molecule has 0 spiro atoms. The molecule has 126 valence electrons. The van der Waals surface area contributed by atoms with Gasteiger partial charge in [-0.1, -0.05) is 6.07 Å². The molecular weight excluding hydrogens is 348 g/mol. The first kappa shape index (κ1) is 16.6. The SMILES string of the molecule is CN(C)S(=O)(=O)c1cccc(C(=O)NCc2cn3ccsc3n2)c1. The molecule has 0 aliphatic heterocycles. The third kappa shape index (κ3) is 3.18. The lowest BCUT2D eigenvalue weighted by molar-refractivity contribution is 0.0950. The average molecular weight is 364 g/mol. The third-order valence-corrected chi connectivity index (χ3v) is 6.03. The van der Waals surface area contributed by atoms with Crippen LogP contribution in [0, 0.1) is 0 Å². The zero-order chi connectivity index (χ0) is 17.3. The molecule has 1 N–H and O–H groups in total. The molecular formula is C15H16N4O3S2. The Balaban J connectivity index is 1.74. The standard InChI is InChI=1S/C15H16N4O3S2/c1-18(2)24(21,22)13-5-3-4-11(8-13)14(20)16-9-12-10-19-6-7-23-15(19)17-12/h3-8,10H,9H2,1-2H3,(H,16,20). The van der Waals surface area contributed by atoms with Gasteiger partial charge in [0.1, 0.15) is 0 Å². The summed E-state index contributed by atoms with van der Waals surface area (Å²) in [6.07, 6.45) is 3.74. The van der Waals surface area contributed by atoms with Gasteiger partial charge in [0.25, 0.3) is 5.91 Å². The van der Waals surface area contributed by atoms with Gasteiger partial charge in [-0.15, -0.1) is 11.3 Å². The highest BCUT2D eigenvalue weighted by atomic mass is 32.2. The molecule has 2 aromatic heterocycles. The van der Waals surface area contributed by atoms with Crippen molar-refractivity contribution in [3.8, 4) is 0 Å². The summed E-state index contributed by atoms with van der Waals surface area (Å²) in [6.45, 7) is 0.276. The molecule has 1 amide bonds. The van der Waals surface area contributed by atoms with E-state index < -0.39 is 10.0 Å². The predicted molar refractivity (Wildman–Crippen MR) is 91.6 cm³/mol. The Morgan fingerprint density at radius 3 is 2.88 bits per heavy atom. The number of aromatic nitrogens is 2. The number of amides is 1. The number of fused-ring (bicyclic) bond motifs is 1. The molecule has 0 radical (unpaired) electrons. The first-order chi connectivity index (χ1) is 11.4. The summed E-state index contributed by atoms with van der Waals surface area (Å²) in [5.74, 6) is -0.345. The number of nitrogens with one attached hydrogen (secondary N) is 1. The second-order valence-corrected chi connectivity index (χ2v) is 8.35. The van der Waals surface area contributed by atoms with Gasteiger partial charge < -0.3 is 5.32 Å². The zero-order valence-corrected chi connectivity index (χ0v) is 14.8. The van der Waals surface area contributed by atoms with Crippen molar-refractivity contribution in [3.63, 3.8) is 0 Å². The summed E-state index contributed by atoms with van der Waals surface area (Å²) in [6, 6.07) is 5.97. The van der Waals surface area contributed by atoms with Crippen molar-refractivity contribution >= 4 is 32.2 Å². The second kappa shape index (κ2) is 6.34. The van der Waals surface area contributed by atoms with Crippen LogP contribution in [-0.2, 0) is 16.6 Å². The number of hydrogen-bond acceptors (Lipinski definition) is 5. The van der Waals surface area contributed by atoms with Crippen LogP contribution in [0.15, 0.2) is 46.9 Å². The number of carbonyl (C=O) groups is 1. The van der Waals surface area contributed by atoms with Crippen molar-refractivity contribution in [2.75, 3.05) is 14.1 Å². The molecule has 9 heteroatoms. The quantitative estimate of drug-likeness (QED) is 0.745. The molecule has 3 rings (SSSR count). The van der Waals surface area contributed by atoms with Crippen molar-refractivity contribution in [2.24, 2.45) is 0 Å². The molecule has 7 nitrogen and oxygen atoms in total. The van der Waals surface area contributed by atoms with Gasteiger partial charge in [-0.05, 0) is 18.2 Å². The number of thiazole rings is 1. The second-order valence-electron chi connectivity index (χ2n) is 5.32. The van der Waals surface area contributed by atoms with E-state index in [1.54, 1.807) is 12.1 Å². The maximum Gasteiger partial charge on any atom is 0.251 e. The maximum atomic E-state index is 12.3. The molecule has 0 fully saturated rings. The zero-order valence-electron chi connectivity index (χ0n) is 13.1. The fourth-order valence-corrected chi connectivity index (χ4v) is 3.81. The monoisotopic (exact) mass is 364 g/mol. The minimum Gasteiger partial charge on any atom is -0.346 e. The Kier molecular flexibility index (Phi) is 4.39. The number of benzene rings is 1. The van der Waals surface area contributed by atoms with E-state index >= 15 is 0 Å². The number of hydrogen-bond donors (Lipinski definition) is 1. The summed E-state index contributed by atoms with van der Waals surface area (Å²) >= 11 is 1.51. The smallest absolute Gasteiger partial charge is 0.251 e. The van der Waals surface area contributed by atoms with E-state index in [-0.39, 0.29) is 17.3 Å².